The van der Waals surface area contributed by atoms with Gasteiger partial charge in [-0.15, -0.1) is 0 Å². The van der Waals surface area contributed by atoms with Crippen LogP contribution in [0.1, 0.15) is 36.6 Å². The largest absolute Gasteiger partial charge is 0.507 e. The number of hydrogen-bond acceptors (Lipinski definition) is 6. The molecule has 0 bridgehead atoms. The highest BCUT2D eigenvalue weighted by atomic mass is 16.5. The van der Waals surface area contributed by atoms with Crippen LogP contribution in [0.25, 0.3) is 5.76 Å². The van der Waals surface area contributed by atoms with Gasteiger partial charge in [0.05, 0.1) is 18.7 Å². The number of carbonyl (C=O) groups is 2. The van der Waals surface area contributed by atoms with Crippen LogP contribution in [0.5, 0.6) is 11.5 Å². The van der Waals surface area contributed by atoms with Crippen molar-refractivity contribution >= 4 is 17.4 Å². The van der Waals surface area contributed by atoms with Crippen molar-refractivity contribution in [3.63, 3.8) is 0 Å². The average molecular weight is 479 g/mol. The molecule has 1 N–H and O–H groups in total. The molecule has 0 saturated carbocycles. The minimum absolute atomic E-state index is 0.0823. The molecule has 7 heteroatoms. The number of ketones is 1. The number of likely N-dealkylation sites (N-methyl/N-ethyl adjacent to an activating group) is 1. The Bertz CT molecular complexity index is 1100. The Labute approximate surface area is 207 Å². The number of nitrogens with zero attached hydrogens (tertiary/aromatic N) is 2. The molecule has 1 aliphatic rings. The van der Waals surface area contributed by atoms with Crippen LogP contribution < -0.4 is 9.47 Å². The summed E-state index contributed by atoms with van der Waals surface area (Å²) in [5.74, 6) is -0.171. The molecule has 2 aromatic rings. The fourth-order valence-electron chi connectivity index (χ4n) is 4.30. The minimum Gasteiger partial charge on any atom is -0.507 e. The summed E-state index contributed by atoms with van der Waals surface area (Å²) in [6.45, 7) is 12.7. The van der Waals surface area contributed by atoms with Crippen LogP contribution in [0.3, 0.4) is 0 Å². The van der Waals surface area contributed by atoms with E-state index in [4.69, 9.17) is 9.47 Å². The third-order valence-corrected chi connectivity index (χ3v) is 6.33. The Balaban J connectivity index is 2.07. The van der Waals surface area contributed by atoms with E-state index in [9.17, 15) is 14.7 Å². The highest BCUT2D eigenvalue weighted by Crippen LogP contribution is 2.40. The van der Waals surface area contributed by atoms with Crippen LogP contribution in [0.15, 0.2) is 60.7 Å². The number of amides is 1. The number of ether oxygens (including phenoxy) is 2. The Morgan fingerprint density at radius 3 is 2.40 bits per heavy atom. The monoisotopic (exact) mass is 478 g/mol. The number of aryl methyl sites for hydroxylation is 1. The van der Waals surface area contributed by atoms with Gasteiger partial charge in [-0.1, -0.05) is 38.6 Å². The topological polar surface area (TPSA) is 79.3 Å². The predicted octanol–water partition coefficient (Wildman–Crippen LogP) is 4.33. The predicted molar refractivity (Wildman–Crippen MR) is 137 cm³/mol. The number of rotatable bonds is 11. The molecule has 2 aromatic carbocycles. The van der Waals surface area contributed by atoms with Gasteiger partial charge < -0.3 is 24.4 Å². The summed E-state index contributed by atoms with van der Waals surface area (Å²) in [7, 11) is 1.58. The third-order valence-electron chi connectivity index (χ3n) is 6.33. The zero-order valence-electron chi connectivity index (χ0n) is 20.9. The SMILES string of the molecule is C=CCOc1ccc(C(O)=C2C(=O)C(=O)N(CCN(CC)CC)[C@@H]2c2ccc(OC)cc2)cc1C. The second-order valence-corrected chi connectivity index (χ2v) is 8.37. The van der Waals surface area contributed by atoms with Gasteiger partial charge >= 0.3 is 0 Å². The lowest BCUT2D eigenvalue weighted by Crippen LogP contribution is -2.38. The van der Waals surface area contributed by atoms with Gasteiger partial charge in [0, 0.05) is 18.7 Å². The highest BCUT2D eigenvalue weighted by molar-refractivity contribution is 6.46. The molecule has 0 aliphatic carbocycles. The first-order valence-electron chi connectivity index (χ1n) is 11.9. The van der Waals surface area contributed by atoms with Crippen molar-refractivity contribution in [3.8, 4) is 11.5 Å². The Morgan fingerprint density at radius 2 is 1.83 bits per heavy atom. The van der Waals surface area contributed by atoms with Crippen molar-refractivity contribution in [1.82, 2.24) is 9.80 Å². The molecule has 0 aromatic heterocycles. The van der Waals surface area contributed by atoms with Crippen molar-refractivity contribution in [2.75, 3.05) is 39.9 Å². The number of benzene rings is 2. The minimum atomic E-state index is -0.700. The van der Waals surface area contributed by atoms with E-state index in [-0.39, 0.29) is 11.3 Å². The lowest BCUT2D eigenvalue weighted by atomic mass is 9.94. The van der Waals surface area contributed by atoms with Crippen molar-refractivity contribution in [3.05, 3.63) is 77.4 Å². The quantitative estimate of drug-likeness (QED) is 0.224. The maximum atomic E-state index is 13.2. The first kappa shape index (κ1) is 26.0. The van der Waals surface area contributed by atoms with Crippen molar-refractivity contribution < 1.29 is 24.2 Å². The van der Waals surface area contributed by atoms with E-state index >= 15 is 0 Å². The standard InChI is InChI=1S/C28H34N2O5/c1-6-17-35-23-14-11-21(18-19(23)4)26(31)24-25(20-9-12-22(34-5)13-10-20)30(28(33)27(24)32)16-15-29(7-2)8-3/h6,9-14,18,25,31H,1,7-8,15-17H2,2-5H3/t25-/m1/s1. The number of Topliss-reactive ketones (excluding diaryl/α,β-unsaturated/α-hetero) is 1. The summed E-state index contributed by atoms with van der Waals surface area (Å²) in [6.07, 6.45) is 1.65. The van der Waals surface area contributed by atoms with Crippen molar-refractivity contribution in [2.45, 2.75) is 26.8 Å². The van der Waals surface area contributed by atoms with Crippen LogP contribution in [-0.4, -0.2) is 66.5 Å². The third kappa shape index (κ3) is 5.57. The van der Waals surface area contributed by atoms with E-state index in [1.165, 1.54) is 0 Å². The van der Waals surface area contributed by atoms with E-state index in [2.05, 4.69) is 25.3 Å². The summed E-state index contributed by atoms with van der Waals surface area (Å²) in [6, 6.07) is 11.7. The highest BCUT2D eigenvalue weighted by Gasteiger charge is 2.46. The Morgan fingerprint density at radius 1 is 1.14 bits per heavy atom. The van der Waals surface area contributed by atoms with Gasteiger partial charge in [0.25, 0.3) is 11.7 Å². The second-order valence-electron chi connectivity index (χ2n) is 8.37. The molecule has 7 nitrogen and oxygen atoms in total. The van der Waals surface area contributed by atoms with E-state index in [1.807, 2.05) is 19.1 Å². The van der Waals surface area contributed by atoms with Gasteiger partial charge in [0.2, 0.25) is 0 Å². The number of carbonyl (C=O) groups excluding carboxylic acids is 2. The summed E-state index contributed by atoms with van der Waals surface area (Å²) < 4.78 is 10.9. The number of aliphatic hydroxyl groups excluding tert-OH is 1. The molecule has 0 unspecified atom stereocenters. The first-order chi connectivity index (χ1) is 16.9. The van der Waals surface area contributed by atoms with Crippen LogP contribution in [-0.2, 0) is 9.59 Å². The first-order valence-corrected chi connectivity index (χ1v) is 11.9. The molecular formula is C28H34N2O5. The van der Waals surface area contributed by atoms with Gasteiger partial charge in [0.15, 0.2) is 0 Å². The molecule has 35 heavy (non-hydrogen) atoms. The zero-order valence-corrected chi connectivity index (χ0v) is 20.9. The van der Waals surface area contributed by atoms with E-state index in [0.717, 1.165) is 24.2 Å². The van der Waals surface area contributed by atoms with Crippen LogP contribution in [0.4, 0.5) is 0 Å². The molecule has 186 valence electrons. The molecule has 1 saturated heterocycles. The lowest BCUT2D eigenvalue weighted by molar-refractivity contribution is -0.140. The van der Waals surface area contributed by atoms with Crippen molar-refractivity contribution in [1.29, 1.82) is 0 Å². The molecule has 1 fully saturated rings. The number of methoxy groups -OCH3 is 1. The Hall–Kier alpha value is -3.58. The van der Waals surface area contributed by atoms with E-state index in [0.29, 0.717) is 36.8 Å². The maximum absolute atomic E-state index is 13.2. The molecule has 1 atom stereocenters. The zero-order chi connectivity index (χ0) is 25.5. The van der Waals surface area contributed by atoms with E-state index in [1.54, 1.807) is 48.4 Å². The second kappa shape index (κ2) is 11.7. The van der Waals surface area contributed by atoms with Gasteiger partial charge in [-0.3, -0.25) is 9.59 Å². The number of aliphatic hydroxyl groups is 1. The lowest BCUT2D eigenvalue weighted by Gasteiger charge is -2.28. The molecule has 1 aliphatic heterocycles. The average Bonchev–Trinajstić information content (AvgIpc) is 3.13. The fourth-order valence-corrected chi connectivity index (χ4v) is 4.30. The van der Waals surface area contributed by atoms with E-state index < -0.39 is 17.7 Å². The summed E-state index contributed by atoms with van der Waals surface area (Å²) in [5.41, 5.74) is 2.06. The molecule has 0 radical (unpaired) electrons. The summed E-state index contributed by atoms with van der Waals surface area (Å²) >= 11 is 0. The normalized spacial score (nSPS) is 17.2. The van der Waals surface area contributed by atoms with Gasteiger partial charge in [-0.05, 0) is 61.5 Å². The number of hydrogen-bond donors (Lipinski definition) is 1. The smallest absolute Gasteiger partial charge is 0.295 e. The maximum Gasteiger partial charge on any atom is 0.295 e. The fraction of sp³-hybridized carbons (Fsp3) is 0.357. The Kier molecular flexibility index (Phi) is 8.71. The van der Waals surface area contributed by atoms with Crippen LogP contribution in [0, 0.1) is 6.92 Å². The number of likely N-dealkylation sites (tertiary alicyclic amines) is 1. The molecule has 3 rings (SSSR count). The van der Waals surface area contributed by atoms with Crippen molar-refractivity contribution in [2.24, 2.45) is 0 Å². The molecule has 1 heterocycles. The molecular weight excluding hydrogens is 444 g/mol. The molecule has 0 spiro atoms. The summed E-state index contributed by atoms with van der Waals surface area (Å²) in [5, 5.41) is 11.3. The van der Waals surface area contributed by atoms with Gasteiger partial charge in [-0.25, -0.2) is 0 Å². The molecule has 1 amide bonds. The summed E-state index contributed by atoms with van der Waals surface area (Å²) in [4.78, 5) is 30.1. The van der Waals surface area contributed by atoms with Crippen LogP contribution in [0.2, 0.25) is 0 Å². The van der Waals surface area contributed by atoms with Gasteiger partial charge in [-0.2, -0.15) is 0 Å². The van der Waals surface area contributed by atoms with Crippen LogP contribution >= 0.6 is 0 Å². The van der Waals surface area contributed by atoms with Gasteiger partial charge in [0.1, 0.15) is 23.9 Å².